The number of rotatable bonds is 5. The molecular formula is C8H19GaO2. The quantitative estimate of drug-likeness (QED) is 0.553. The zero-order valence-electron chi connectivity index (χ0n) is 6.76. The van der Waals surface area contributed by atoms with Gasteiger partial charge >= 0.3 is 25.8 Å². The maximum absolute atomic E-state index is 10.0. The van der Waals surface area contributed by atoms with Crippen molar-refractivity contribution in [2.45, 2.75) is 39.5 Å². The molecule has 0 aliphatic heterocycles. The molecule has 0 saturated carbocycles. The Hall–Kier alpha value is 0.106. The summed E-state index contributed by atoms with van der Waals surface area (Å²) in [5.41, 5.74) is 0. The summed E-state index contributed by atoms with van der Waals surface area (Å²) in [5, 5.41) is 8.28. The van der Waals surface area contributed by atoms with Crippen LogP contribution in [-0.4, -0.2) is 30.9 Å². The SMILES string of the molecule is CC(C)CCCCC(=O)O.[GaH3]. The number of hydrogen-bond acceptors (Lipinski definition) is 1. The van der Waals surface area contributed by atoms with E-state index >= 15 is 0 Å². The van der Waals surface area contributed by atoms with Crippen molar-refractivity contribution in [2.75, 3.05) is 0 Å². The van der Waals surface area contributed by atoms with Crippen LogP contribution < -0.4 is 0 Å². The molecule has 0 saturated heterocycles. The second-order valence-electron chi connectivity index (χ2n) is 3.03. The third-order valence-corrected chi connectivity index (χ3v) is 1.42. The molecule has 0 amide bonds. The Morgan fingerprint density at radius 1 is 1.36 bits per heavy atom. The van der Waals surface area contributed by atoms with Gasteiger partial charge in [0.05, 0.1) is 0 Å². The molecule has 0 fully saturated rings. The van der Waals surface area contributed by atoms with Gasteiger partial charge in [0.25, 0.3) is 0 Å². The van der Waals surface area contributed by atoms with Crippen molar-refractivity contribution >= 4 is 25.8 Å². The van der Waals surface area contributed by atoms with Crippen molar-refractivity contribution in [3.8, 4) is 0 Å². The van der Waals surface area contributed by atoms with E-state index in [0.717, 1.165) is 19.3 Å². The molecule has 0 atom stereocenters. The number of hydrogen-bond donors (Lipinski definition) is 1. The van der Waals surface area contributed by atoms with Gasteiger partial charge in [-0.05, 0) is 12.3 Å². The average molecular weight is 217 g/mol. The van der Waals surface area contributed by atoms with E-state index in [-0.39, 0.29) is 19.8 Å². The molecular weight excluding hydrogens is 198 g/mol. The number of aliphatic carboxylic acids is 1. The number of carbonyl (C=O) groups is 1. The van der Waals surface area contributed by atoms with Crippen LogP contribution in [-0.2, 0) is 4.79 Å². The molecule has 0 aliphatic rings. The number of carboxylic acid groups (broad SMARTS) is 1. The predicted octanol–water partition coefficient (Wildman–Crippen LogP) is 1.10. The molecule has 0 aromatic rings. The fourth-order valence-electron chi connectivity index (χ4n) is 0.829. The maximum atomic E-state index is 10.0. The van der Waals surface area contributed by atoms with Crippen molar-refractivity contribution in [2.24, 2.45) is 5.92 Å². The van der Waals surface area contributed by atoms with E-state index in [2.05, 4.69) is 13.8 Å². The second kappa shape index (κ2) is 8.21. The van der Waals surface area contributed by atoms with Crippen LogP contribution in [0.4, 0.5) is 0 Å². The second-order valence-corrected chi connectivity index (χ2v) is 3.03. The first-order chi connectivity index (χ1) is 4.63. The minimum atomic E-state index is -0.677. The molecule has 0 aromatic carbocycles. The zero-order chi connectivity index (χ0) is 7.98. The average Bonchev–Trinajstić information content (AvgIpc) is 1.79. The third-order valence-electron chi connectivity index (χ3n) is 1.42. The summed E-state index contributed by atoms with van der Waals surface area (Å²) in [7, 11) is 0. The van der Waals surface area contributed by atoms with Gasteiger partial charge in [-0.15, -0.1) is 0 Å². The summed E-state index contributed by atoms with van der Waals surface area (Å²) in [6.07, 6.45) is 3.34. The number of unbranched alkanes of at least 4 members (excludes halogenated alkanes) is 1. The fraction of sp³-hybridized carbons (Fsp3) is 0.875. The molecule has 1 N–H and O–H groups in total. The predicted molar refractivity (Wildman–Crippen MR) is 50.9 cm³/mol. The molecule has 0 heterocycles. The molecule has 0 spiro atoms. The first-order valence-electron chi connectivity index (χ1n) is 3.84. The topological polar surface area (TPSA) is 37.3 Å². The van der Waals surface area contributed by atoms with Crippen molar-refractivity contribution in [3.63, 3.8) is 0 Å². The van der Waals surface area contributed by atoms with Crippen molar-refractivity contribution < 1.29 is 9.90 Å². The Morgan fingerprint density at radius 3 is 2.27 bits per heavy atom. The van der Waals surface area contributed by atoms with Crippen molar-refractivity contribution in [3.05, 3.63) is 0 Å². The van der Waals surface area contributed by atoms with E-state index in [1.807, 2.05) is 0 Å². The fourth-order valence-corrected chi connectivity index (χ4v) is 0.829. The standard InChI is InChI=1S/C8H16O2.Ga.3H/c1-7(2)5-3-4-6-8(9)10;;;;/h7H,3-6H2,1-2H3,(H,9,10);;;;. The van der Waals surface area contributed by atoms with Crippen LogP contribution in [0.5, 0.6) is 0 Å². The molecule has 0 aromatic heterocycles. The van der Waals surface area contributed by atoms with Gasteiger partial charge in [-0.2, -0.15) is 0 Å². The van der Waals surface area contributed by atoms with E-state index in [9.17, 15) is 4.79 Å². The van der Waals surface area contributed by atoms with E-state index in [0.29, 0.717) is 12.3 Å². The van der Waals surface area contributed by atoms with Crippen molar-refractivity contribution in [1.29, 1.82) is 0 Å². The third kappa shape index (κ3) is 13.2. The van der Waals surface area contributed by atoms with E-state index in [1.165, 1.54) is 0 Å². The van der Waals surface area contributed by atoms with E-state index in [1.54, 1.807) is 0 Å². The summed E-state index contributed by atoms with van der Waals surface area (Å²) >= 11 is 0. The molecule has 0 bridgehead atoms. The van der Waals surface area contributed by atoms with Gasteiger partial charge in [-0.3, -0.25) is 4.79 Å². The minimum absolute atomic E-state index is 0. The summed E-state index contributed by atoms with van der Waals surface area (Å²) in [6, 6.07) is 0. The Labute approximate surface area is 81.4 Å². The van der Waals surface area contributed by atoms with Gasteiger partial charge in [0, 0.05) is 6.42 Å². The van der Waals surface area contributed by atoms with Gasteiger partial charge in [0.2, 0.25) is 0 Å². The molecule has 3 heteroatoms. The summed E-state index contributed by atoms with van der Waals surface area (Å²) in [5.74, 6) is 0.0255. The van der Waals surface area contributed by atoms with Crippen LogP contribution in [0.1, 0.15) is 39.5 Å². The summed E-state index contributed by atoms with van der Waals surface area (Å²) in [4.78, 5) is 10.0. The Kier molecular flexibility index (Phi) is 10.2. The summed E-state index contributed by atoms with van der Waals surface area (Å²) in [6.45, 7) is 4.31. The Balaban J connectivity index is 0. The summed E-state index contributed by atoms with van der Waals surface area (Å²) < 4.78 is 0. The van der Waals surface area contributed by atoms with Gasteiger partial charge < -0.3 is 5.11 Å². The van der Waals surface area contributed by atoms with E-state index in [4.69, 9.17) is 5.11 Å². The normalized spacial score (nSPS) is 9.36. The molecule has 66 valence electrons. The van der Waals surface area contributed by atoms with Gasteiger partial charge in [-0.1, -0.05) is 26.7 Å². The zero-order valence-corrected chi connectivity index (χ0v) is 6.76. The Bertz CT molecular complexity index is 102. The van der Waals surface area contributed by atoms with Crippen molar-refractivity contribution in [1.82, 2.24) is 0 Å². The number of carboxylic acids is 1. The molecule has 2 nitrogen and oxygen atoms in total. The van der Waals surface area contributed by atoms with Gasteiger partial charge in [-0.25, -0.2) is 0 Å². The molecule has 0 rings (SSSR count). The molecule has 0 aliphatic carbocycles. The first kappa shape index (κ1) is 13.7. The first-order valence-corrected chi connectivity index (χ1v) is 3.84. The Morgan fingerprint density at radius 2 is 1.91 bits per heavy atom. The van der Waals surface area contributed by atoms with E-state index < -0.39 is 5.97 Å². The monoisotopic (exact) mass is 216 g/mol. The van der Waals surface area contributed by atoms with Crippen LogP contribution in [0.25, 0.3) is 0 Å². The van der Waals surface area contributed by atoms with Crippen LogP contribution in [0.2, 0.25) is 0 Å². The molecule has 0 radical (unpaired) electrons. The van der Waals surface area contributed by atoms with Crippen LogP contribution in [0.3, 0.4) is 0 Å². The van der Waals surface area contributed by atoms with Crippen LogP contribution in [0, 0.1) is 5.92 Å². The van der Waals surface area contributed by atoms with Crippen LogP contribution >= 0.6 is 0 Å². The van der Waals surface area contributed by atoms with Gasteiger partial charge in [0.15, 0.2) is 0 Å². The van der Waals surface area contributed by atoms with Crippen LogP contribution in [0.15, 0.2) is 0 Å². The molecule has 0 unspecified atom stereocenters. The molecule has 11 heavy (non-hydrogen) atoms. The van der Waals surface area contributed by atoms with Gasteiger partial charge in [0.1, 0.15) is 0 Å².